The van der Waals surface area contributed by atoms with Gasteiger partial charge < -0.3 is 24.7 Å². The maximum atomic E-state index is 12.7. The summed E-state index contributed by atoms with van der Waals surface area (Å²) in [5.74, 6) is -0.715. The standard InChI is InChI=1S/C20H19N3O5/c1-2-3-15(25)17-18(16-7-5-12(9-24)28-16)23(20(27)19(17)26)11-4-6-13-14(8-11)22-10-21-13/h4-8,10,24,26-27H,2-3,9H2,1H3,(H,21,22). The van der Waals surface area contributed by atoms with Gasteiger partial charge in [0.1, 0.15) is 18.1 Å². The number of ketones is 1. The Kier molecular flexibility index (Phi) is 4.40. The van der Waals surface area contributed by atoms with E-state index in [9.17, 15) is 20.1 Å². The van der Waals surface area contributed by atoms with Crippen LogP contribution in [0.15, 0.2) is 41.1 Å². The molecule has 0 fully saturated rings. The van der Waals surface area contributed by atoms with E-state index in [1.165, 1.54) is 4.57 Å². The van der Waals surface area contributed by atoms with E-state index in [4.69, 9.17) is 4.42 Å². The predicted molar refractivity (Wildman–Crippen MR) is 102 cm³/mol. The second kappa shape index (κ2) is 6.90. The van der Waals surface area contributed by atoms with Crippen LogP contribution in [0.3, 0.4) is 0 Å². The van der Waals surface area contributed by atoms with Gasteiger partial charge in [0.25, 0.3) is 0 Å². The number of carbonyl (C=O) groups excluding carboxylic acids is 1. The molecule has 0 bridgehead atoms. The van der Waals surface area contributed by atoms with E-state index in [-0.39, 0.29) is 35.8 Å². The third kappa shape index (κ3) is 2.74. The van der Waals surface area contributed by atoms with Crippen molar-refractivity contribution in [3.63, 3.8) is 0 Å². The zero-order valence-corrected chi connectivity index (χ0v) is 15.1. The number of aromatic hydroxyl groups is 2. The van der Waals surface area contributed by atoms with E-state index in [1.54, 1.807) is 36.7 Å². The van der Waals surface area contributed by atoms with Gasteiger partial charge in [0.2, 0.25) is 5.88 Å². The third-order valence-electron chi connectivity index (χ3n) is 4.59. The molecule has 4 rings (SSSR count). The van der Waals surface area contributed by atoms with Crippen molar-refractivity contribution >= 4 is 16.8 Å². The Balaban J connectivity index is 2.01. The molecule has 3 heterocycles. The normalized spacial score (nSPS) is 11.4. The van der Waals surface area contributed by atoms with Gasteiger partial charge >= 0.3 is 0 Å². The van der Waals surface area contributed by atoms with E-state index in [0.717, 1.165) is 11.0 Å². The maximum Gasteiger partial charge on any atom is 0.240 e. The van der Waals surface area contributed by atoms with Crippen molar-refractivity contribution in [2.45, 2.75) is 26.4 Å². The number of hydrogen-bond acceptors (Lipinski definition) is 6. The molecule has 0 aliphatic heterocycles. The second-order valence-electron chi connectivity index (χ2n) is 6.43. The molecule has 0 amide bonds. The zero-order chi connectivity index (χ0) is 19.8. The summed E-state index contributed by atoms with van der Waals surface area (Å²) in [5.41, 5.74) is 2.20. The summed E-state index contributed by atoms with van der Waals surface area (Å²) in [5, 5.41) is 30.5. The van der Waals surface area contributed by atoms with Gasteiger partial charge in [-0.15, -0.1) is 0 Å². The minimum atomic E-state index is -0.500. The molecule has 3 aromatic heterocycles. The fourth-order valence-electron chi connectivity index (χ4n) is 3.30. The summed E-state index contributed by atoms with van der Waals surface area (Å²) >= 11 is 0. The van der Waals surface area contributed by atoms with Crippen LogP contribution < -0.4 is 0 Å². The largest absolute Gasteiger partial charge is 0.503 e. The van der Waals surface area contributed by atoms with Crippen LogP contribution in [0.2, 0.25) is 0 Å². The van der Waals surface area contributed by atoms with Crippen LogP contribution in [-0.2, 0) is 6.61 Å². The molecule has 0 saturated heterocycles. The molecule has 0 radical (unpaired) electrons. The maximum absolute atomic E-state index is 12.7. The molecule has 1 aromatic carbocycles. The summed E-state index contributed by atoms with van der Waals surface area (Å²) in [4.78, 5) is 19.9. The predicted octanol–water partition coefficient (Wildman–Crippen LogP) is 3.50. The average molecular weight is 381 g/mol. The van der Waals surface area contributed by atoms with Gasteiger partial charge in [-0.3, -0.25) is 9.36 Å². The SMILES string of the molecule is CCCC(=O)c1c(O)c(O)n(-c2ccc3nc[nH]c3c2)c1-c1ccc(CO)o1. The van der Waals surface area contributed by atoms with Gasteiger partial charge in [0.05, 0.1) is 28.6 Å². The third-order valence-corrected chi connectivity index (χ3v) is 4.59. The number of Topliss-reactive ketones (excluding diaryl/α,β-unsaturated/α-hetero) is 1. The number of aliphatic hydroxyl groups excluding tert-OH is 1. The molecule has 0 atom stereocenters. The van der Waals surface area contributed by atoms with Crippen molar-refractivity contribution < 1.29 is 24.5 Å². The highest BCUT2D eigenvalue weighted by molar-refractivity contribution is 6.05. The lowest BCUT2D eigenvalue weighted by molar-refractivity contribution is 0.0979. The van der Waals surface area contributed by atoms with Crippen LogP contribution in [0.4, 0.5) is 0 Å². The summed E-state index contributed by atoms with van der Waals surface area (Å²) in [6.07, 6.45) is 2.35. The highest BCUT2D eigenvalue weighted by Crippen LogP contribution is 2.44. The van der Waals surface area contributed by atoms with Gasteiger partial charge in [-0.2, -0.15) is 0 Å². The molecule has 0 aliphatic rings. The van der Waals surface area contributed by atoms with Gasteiger partial charge in [0.15, 0.2) is 17.3 Å². The molecule has 8 heteroatoms. The summed E-state index contributed by atoms with van der Waals surface area (Å²) in [6, 6.07) is 8.39. The van der Waals surface area contributed by atoms with E-state index in [0.29, 0.717) is 17.9 Å². The summed E-state index contributed by atoms with van der Waals surface area (Å²) in [7, 11) is 0. The Labute approximate surface area is 159 Å². The van der Waals surface area contributed by atoms with Gasteiger partial charge in [-0.1, -0.05) is 6.92 Å². The van der Waals surface area contributed by atoms with Crippen molar-refractivity contribution in [1.82, 2.24) is 14.5 Å². The Bertz CT molecular complexity index is 1170. The summed E-state index contributed by atoms with van der Waals surface area (Å²) in [6.45, 7) is 1.55. The van der Waals surface area contributed by atoms with Crippen LogP contribution >= 0.6 is 0 Å². The molecule has 144 valence electrons. The van der Waals surface area contributed by atoms with Crippen LogP contribution in [0.25, 0.3) is 28.2 Å². The van der Waals surface area contributed by atoms with Crippen LogP contribution in [0, 0.1) is 0 Å². The first-order chi connectivity index (χ1) is 13.5. The Hall–Kier alpha value is -3.52. The quantitative estimate of drug-likeness (QED) is 0.379. The number of nitrogens with one attached hydrogen (secondary N) is 1. The second-order valence-corrected chi connectivity index (χ2v) is 6.43. The molecule has 0 unspecified atom stereocenters. The topological polar surface area (TPSA) is 125 Å². The van der Waals surface area contributed by atoms with Crippen molar-refractivity contribution in [3.8, 4) is 28.8 Å². The minimum absolute atomic E-state index is 0.0112. The highest BCUT2D eigenvalue weighted by atomic mass is 16.4. The van der Waals surface area contributed by atoms with Crippen molar-refractivity contribution in [2.75, 3.05) is 0 Å². The molecule has 8 nitrogen and oxygen atoms in total. The number of nitrogens with zero attached hydrogens (tertiary/aromatic N) is 2. The fourth-order valence-corrected chi connectivity index (χ4v) is 3.30. The molecular formula is C20H19N3O5. The van der Waals surface area contributed by atoms with Crippen molar-refractivity contribution in [3.05, 3.63) is 48.0 Å². The number of aliphatic hydroxyl groups is 1. The van der Waals surface area contributed by atoms with Crippen LogP contribution in [0.1, 0.15) is 35.9 Å². The number of aromatic nitrogens is 3. The highest BCUT2D eigenvalue weighted by Gasteiger charge is 2.30. The van der Waals surface area contributed by atoms with E-state index >= 15 is 0 Å². The number of imidazole rings is 1. The lowest BCUT2D eigenvalue weighted by Crippen LogP contribution is -2.02. The number of aromatic amines is 1. The summed E-state index contributed by atoms with van der Waals surface area (Å²) < 4.78 is 6.98. The molecule has 28 heavy (non-hydrogen) atoms. The number of hydrogen-bond donors (Lipinski definition) is 4. The van der Waals surface area contributed by atoms with E-state index < -0.39 is 11.6 Å². The number of benzene rings is 1. The number of furan rings is 1. The van der Waals surface area contributed by atoms with E-state index in [2.05, 4.69) is 9.97 Å². The van der Waals surface area contributed by atoms with Crippen molar-refractivity contribution in [1.29, 1.82) is 0 Å². The van der Waals surface area contributed by atoms with Gasteiger partial charge in [-0.25, -0.2) is 4.98 Å². The first-order valence-electron chi connectivity index (χ1n) is 8.88. The molecule has 4 N–H and O–H groups in total. The fraction of sp³-hybridized carbons (Fsp3) is 0.200. The smallest absolute Gasteiger partial charge is 0.240 e. The van der Waals surface area contributed by atoms with Crippen LogP contribution in [0.5, 0.6) is 11.6 Å². The Morgan fingerprint density at radius 2 is 2.07 bits per heavy atom. The monoisotopic (exact) mass is 381 g/mol. The Morgan fingerprint density at radius 1 is 1.25 bits per heavy atom. The average Bonchev–Trinajstić information content (AvgIpc) is 3.40. The Morgan fingerprint density at radius 3 is 2.79 bits per heavy atom. The van der Waals surface area contributed by atoms with Gasteiger partial charge in [0, 0.05) is 6.42 Å². The zero-order valence-electron chi connectivity index (χ0n) is 15.1. The van der Waals surface area contributed by atoms with E-state index in [1.807, 2.05) is 6.92 Å². The first-order valence-corrected chi connectivity index (χ1v) is 8.88. The van der Waals surface area contributed by atoms with Gasteiger partial charge in [-0.05, 0) is 36.8 Å². The first kappa shape index (κ1) is 17.9. The molecule has 4 aromatic rings. The molecule has 0 aliphatic carbocycles. The lowest BCUT2D eigenvalue weighted by Gasteiger charge is -2.10. The molecular weight excluding hydrogens is 362 g/mol. The van der Waals surface area contributed by atoms with Crippen LogP contribution in [-0.4, -0.2) is 35.6 Å². The number of carbonyl (C=O) groups is 1. The lowest BCUT2D eigenvalue weighted by atomic mass is 10.1. The molecule has 0 saturated carbocycles. The minimum Gasteiger partial charge on any atom is -0.503 e. The number of H-pyrrole nitrogens is 1. The number of rotatable bonds is 6. The van der Waals surface area contributed by atoms with Crippen molar-refractivity contribution in [2.24, 2.45) is 0 Å². The number of fused-ring (bicyclic) bond motifs is 1. The molecule has 0 spiro atoms.